The fourth-order valence-electron chi connectivity index (χ4n) is 4.91. The molecule has 0 radical (unpaired) electrons. The minimum atomic E-state index is -3.50. The van der Waals surface area contributed by atoms with Crippen LogP contribution < -0.4 is 10.9 Å². The first-order valence-corrected chi connectivity index (χ1v) is 14.6. The number of aromatic nitrogens is 2. The molecule has 208 valence electrons. The number of nitrogens with one attached hydrogen (secondary N) is 1. The Balaban J connectivity index is 1.20. The van der Waals surface area contributed by atoms with E-state index in [1.807, 2.05) is 61.5 Å². The van der Waals surface area contributed by atoms with Gasteiger partial charge in [-0.1, -0.05) is 48.0 Å². The van der Waals surface area contributed by atoms with E-state index in [0.29, 0.717) is 48.9 Å². The van der Waals surface area contributed by atoms with E-state index in [1.54, 1.807) is 47.2 Å². The van der Waals surface area contributed by atoms with Gasteiger partial charge < -0.3 is 5.32 Å². The van der Waals surface area contributed by atoms with E-state index in [9.17, 15) is 18.0 Å². The van der Waals surface area contributed by atoms with Gasteiger partial charge in [0.25, 0.3) is 11.5 Å². The Bertz CT molecular complexity index is 1670. The van der Waals surface area contributed by atoms with Crippen LogP contribution in [0.2, 0.25) is 0 Å². The third-order valence-electron chi connectivity index (χ3n) is 7.41. The summed E-state index contributed by atoms with van der Waals surface area (Å²) in [4.78, 5) is 28.6. The van der Waals surface area contributed by atoms with Crippen LogP contribution >= 0.6 is 0 Å². The van der Waals surface area contributed by atoms with Crippen molar-refractivity contribution in [1.29, 1.82) is 0 Å². The topological polar surface area (TPSA) is 96.7 Å². The van der Waals surface area contributed by atoms with E-state index in [0.717, 1.165) is 16.8 Å². The van der Waals surface area contributed by atoms with Gasteiger partial charge in [0, 0.05) is 45.3 Å². The highest BCUT2D eigenvalue weighted by atomic mass is 32.2. The van der Waals surface area contributed by atoms with Gasteiger partial charge in [-0.2, -0.15) is 4.31 Å². The number of carbonyl (C=O) groups is 1. The Hall–Kier alpha value is -3.99. The molecule has 2 heterocycles. The van der Waals surface area contributed by atoms with Gasteiger partial charge in [0.05, 0.1) is 16.3 Å². The van der Waals surface area contributed by atoms with Crippen molar-refractivity contribution in [1.82, 2.24) is 18.6 Å². The lowest BCUT2D eigenvalue weighted by molar-refractivity contribution is 0.102. The number of hydrogen-bond acceptors (Lipinski definition) is 5. The summed E-state index contributed by atoms with van der Waals surface area (Å²) in [5.41, 5.74) is 3.83. The molecule has 9 nitrogen and oxygen atoms in total. The molecule has 40 heavy (non-hydrogen) atoms. The molecule has 1 fully saturated rings. The molecule has 1 saturated heterocycles. The van der Waals surface area contributed by atoms with Crippen LogP contribution in [-0.4, -0.2) is 59.1 Å². The molecule has 0 aliphatic carbocycles. The fourth-order valence-corrected chi connectivity index (χ4v) is 6.33. The van der Waals surface area contributed by atoms with Crippen LogP contribution in [-0.2, 0) is 23.6 Å². The average Bonchev–Trinajstić information content (AvgIpc) is 3.17. The smallest absolute Gasteiger partial charge is 0.295 e. The van der Waals surface area contributed by atoms with E-state index in [1.165, 1.54) is 4.68 Å². The van der Waals surface area contributed by atoms with Crippen LogP contribution in [0, 0.1) is 13.8 Å². The number of hydrogen-bond donors (Lipinski definition) is 1. The number of nitrogens with zero attached hydrogens (tertiary/aromatic N) is 4. The van der Waals surface area contributed by atoms with Crippen molar-refractivity contribution < 1.29 is 13.2 Å². The number of para-hydroxylation sites is 1. The summed E-state index contributed by atoms with van der Waals surface area (Å²) in [6.45, 7) is 6.47. The van der Waals surface area contributed by atoms with Gasteiger partial charge in [-0.15, -0.1) is 0 Å². The third-order valence-corrected chi connectivity index (χ3v) is 9.32. The maximum absolute atomic E-state index is 13.1. The summed E-state index contributed by atoms with van der Waals surface area (Å²) in [6.07, 6.45) is 0. The van der Waals surface area contributed by atoms with Gasteiger partial charge >= 0.3 is 0 Å². The minimum absolute atomic E-state index is 0.249. The summed E-state index contributed by atoms with van der Waals surface area (Å²) in [5.74, 6) is -0.354. The van der Waals surface area contributed by atoms with Crippen molar-refractivity contribution in [3.05, 3.63) is 112 Å². The van der Waals surface area contributed by atoms with E-state index >= 15 is 0 Å². The molecule has 0 saturated carbocycles. The second-order valence-electron chi connectivity index (χ2n) is 10.1. The molecule has 3 aromatic carbocycles. The fraction of sp³-hybridized carbons (Fsp3) is 0.267. The molecule has 1 aromatic heterocycles. The number of benzene rings is 3. The molecule has 10 heteroatoms. The van der Waals surface area contributed by atoms with E-state index in [4.69, 9.17) is 0 Å². The van der Waals surface area contributed by atoms with Crippen LogP contribution in [0.25, 0.3) is 5.69 Å². The van der Waals surface area contributed by atoms with Crippen molar-refractivity contribution in [2.24, 2.45) is 7.05 Å². The number of rotatable bonds is 7. The Morgan fingerprint density at radius 3 is 2.10 bits per heavy atom. The van der Waals surface area contributed by atoms with Crippen LogP contribution in [0.3, 0.4) is 0 Å². The number of piperazine rings is 1. The van der Waals surface area contributed by atoms with Crippen LogP contribution in [0.5, 0.6) is 0 Å². The molecule has 0 bridgehead atoms. The number of carbonyl (C=O) groups excluding carboxylic acids is 1. The Morgan fingerprint density at radius 1 is 0.850 bits per heavy atom. The van der Waals surface area contributed by atoms with Gasteiger partial charge in [-0.3, -0.25) is 19.2 Å². The molecule has 1 N–H and O–H groups in total. The molecule has 1 aliphatic rings. The SMILES string of the molecule is Cc1ccc(S(=O)(=O)N2CCN(Cc3ccc(C(=O)Nc4c(C)n(C)n(-c5ccccc5)c4=O)cc3)CC2)cc1. The molecule has 0 unspecified atom stereocenters. The van der Waals surface area contributed by atoms with Gasteiger partial charge in [0.2, 0.25) is 10.0 Å². The van der Waals surface area contributed by atoms with E-state index < -0.39 is 10.0 Å². The van der Waals surface area contributed by atoms with Crippen LogP contribution in [0.4, 0.5) is 5.69 Å². The number of aryl methyl sites for hydroxylation is 1. The number of amides is 1. The van der Waals surface area contributed by atoms with E-state index in [-0.39, 0.29) is 17.2 Å². The molecule has 4 aromatic rings. The van der Waals surface area contributed by atoms with Gasteiger partial charge in [-0.05, 0) is 55.8 Å². The Morgan fingerprint density at radius 2 is 1.48 bits per heavy atom. The minimum Gasteiger partial charge on any atom is -0.316 e. The van der Waals surface area contributed by atoms with Crippen molar-refractivity contribution in [2.45, 2.75) is 25.3 Å². The predicted molar refractivity (Wildman–Crippen MR) is 155 cm³/mol. The molecule has 1 amide bonds. The highest BCUT2D eigenvalue weighted by Gasteiger charge is 2.28. The Labute approximate surface area is 234 Å². The summed E-state index contributed by atoms with van der Waals surface area (Å²) in [6, 6.07) is 23.5. The standard InChI is InChI=1S/C30H33N5O4S/c1-22-9-15-27(16-10-22)40(38,39)34-19-17-33(18-20-34)21-24-11-13-25(14-12-24)29(36)31-28-23(2)32(3)35(30(28)37)26-7-5-4-6-8-26/h4-16H,17-21H2,1-3H3,(H,31,36). The number of sulfonamides is 1. The van der Waals surface area contributed by atoms with Crippen molar-refractivity contribution in [2.75, 3.05) is 31.5 Å². The van der Waals surface area contributed by atoms with Gasteiger partial charge in [0.1, 0.15) is 5.69 Å². The Kier molecular flexibility index (Phi) is 7.75. The summed E-state index contributed by atoms with van der Waals surface area (Å²) < 4.78 is 30.7. The van der Waals surface area contributed by atoms with Crippen LogP contribution in [0.15, 0.2) is 88.6 Å². The summed E-state index contributed by atoms with van der Waals surface area (Å²) >= 11 is 0. The van der Waals surface area contributed by atoms with Crippen molar-refractivity contribution in [3.8, 4) is 5.69 Å². The maximum Gasteiger partial charge on any atom is 0.295 e. The second-order valence-corrected chi connectivity index (χ2v) is 12.0. The monoisotopic (exact) mass is 559 g/mol. The summed E-state index contributed by atoms with van der Waals surface area (Å²) in [5, 5.41) is 2.80. The molecule has 5 rings (SSSR count). The molecular formula is C30H33N5O4S. The zero-order valence-electron chi connectivity index (χ0n) is 22.9. The highest BCUT2D eigenvalue weighted by molar-refractivity contribution is 7.89. The first-order chi connectivity index (χ1) is 19.1. The predicted octanol–water partition coefficient (Wildman–Crippen LogP) is 3.55. The lowest BCUT2D eigenvalue weighted by atomic mass is 10.1. The zero-order chi connectivity index (χ0) is 28.4. The van der Waals surface area contributed by atoms with Crippen molar-refractivity contribution >= 4 is 21.6 Å². The first kappa shape index (κ1) is 27.6. The largest absolute Gasteiger partial charge is 0.316 e. The molecule has 0 spiro atoms. The van der Waals surface area contributed by atoms with Crippen LogP contribution in [0.1, 0.15) is 27.2 Å². The normalized spacial score (nSPS) is 14.8. The second kappa shape index (κ2) is 11.2. The molecule has 1 aliphatic heterocycles. The molecular weight excluding hydrogens is 526 g/mol. The van der Waals surface area contributed by atoms with Gasteiger partial charge in [-0.25, -0.2) is 13.1 Å². The zero-order valence-corrected chi connectivity index (χ0v) is 23.7. The maximum atomic E-state index is 13.1. The summed E-state index contributed by atoms with van der Waals surface area (Å²) in [7, 11) is -1.72. The van der Waals surface area contributed by atoms with Crippen molar-refractivity contribution in [3.63, 3.8) is 0 Å². The van der Waals surface area contributed by atoms with Gasteiger partial charge in [0.15, 0.2) is 0 Å². The molecule has 0 atom stereocenters. The number of anilines is 1. The first-order valence-electron chi connectivity index (χ1n) is 13.2. The van der Waals surface area contributed by atoms with E-state index in [2.05, 4.69) is 10.2 Å². The lowest BCUT2D eigenvalue weighted by Crippen LogP contribution is -2.48. The average molecular weight is 560 g/mol. The lowest BCUT2D eigenvalue weighted by Gasteiger charge is -2.34. The quantitative estimate of drug-likeness (QED) is 0.374. The third kappa shape index (κ3) is 5.51. The highest BCUT2D eigenvalue weighted by Crippen LogP contribution is 2.20.